The first-order chi connectivity index (χ1) is 16.0. The van der Waals surface area contributed by atoms with Gasteiger partial charge < -0.3 is 19.1 Å². The lowest BCUT2D eigenvalue weighted by molar-refractivity contribution is -0.274. The van der Waals surface area contributed by atoms with Crippen LogP contribution in [-0.2, 0) is 19.6 Å². The molecule has 0 atom stereocenters. The van der Waals surface area contributed by atoms with Crippen LogP contribution < -0.4 is 9.47 Å². The Morgan fingerprint density at radius 3 is 2.00 bits per heavy atom. The van der Waals surface area contributed by atoms with E-state index in [9.17, 15) is 26.4 Å². The summed E-state index contributed by atoms with van der Waals surface area (Å²) >= 11 is 0. The molecule has 3 fully saturated rings. The maximum absolute atomic E-state index is 13.6. The van der Waals surface area contributed by atoms with Gasteiger partial charge in [-0.25, -0.2) is 12.7 Å². The third-order valence-electron chi connectivity index (χ3n) is 6.82. The normalized spacial score (nSPS) is 22.2. The highest BCUT2D eigenvalue weighted by Gasteiger charge is 2.56. The average molecular weight is 523 g/mol. The van der Waals surface area contributed by atoms with Crippen molar-refractivity contribution < 1.29 is 40.6 Å². The Morgan fingerprint density at radius 1 is 0.971 bits per heavy atom. The first-order valence-corrected chi connectivity index (χ1v) is 12.8. The number of likely N-dealkylation sites (tertiary alicyclic amines) is 1. The zero-order valence-corrected chi connectivity index (χ0v) is 19.7. The highest BCUT2D eigenvalue weighted by atomic mass is 32.2. The second kappa shape index (κ2) is 10.5. The monoisotopic (exact) mass is 522 g/mol. The number of piperidine rings is 2. The predicted molar refractivity (Wildman–Crippen MR) is 123 cm³/mol. The lowest BCUT2D eigenvalue weighted by Gasteiger charge is -2.43. The summed E-state index contributed by atoms with van der Waals surface area (Å²) in [5.41, 5.74) is 0. The van der Waals surface area contributed by atoms with Crippen molar-refractivity contribution >= 4 is 16.0 Å². The quantitative estimate of drug-likeness (QED) is 0.506. The number of ether oxygens (including phenoxy) is 3. The summed E-state index contributed by atoms with van der Waals surface area (Å²) < 4.78 is 78.6. The molecule has 2 saturated heterocycles. The largest absolute Gasteiger partial charge is 0.573 e. The molecule has 8 nitrogen and oxygen atoms in total. The van der Waals surface area contributed by atoms with Crippen LogP contribution in [0.3, 0.4) is 0 Å². The minimum atomic E-state index is -4.77. The van der Waals surface area contributed by atoms with Gasteiger partial charge in [0.1, 0.15) is 17.6 Å². The van der Waals surface area contributed by atoms with Crippen molar-refractivity contribution in [1.82, 2.24) is 9.21 Å². The molecular weight excluding hydrogens is 489 g/mol. The molecule has 35 heavy (non-hydrogen) atoms. The van der Waals surface area contributed by atoms with Gasteiger partial charge in [-0.1, -0.05) is 7.43 Å². The van der Waals surface area contributed by atoms with Gasteiger partial charge in [0.05, 0.1) is 7.11 Å². The Bertz CT molecular complexity index is 966. The number of halogens is 3. The summed E-state index contributed by atoms with van der Waals surface area (Å²) in [6.45, 7) is 1.47. The fraction of sp³-hybridized carbons (Fsp3) is 0.696. The van der Waals surface area contributed by atoms with Gasteiger partial charge >= 0.3 is 12.3 Å². The average Bonchev–Trinajstić information content (AvgIpc) is 3.65. The standard InChI is InChI=1S/C22H29F3N2O6S.CH4/c1-31-20(28)21(10-14-26(15-11-21)16-2-3-16)34(29,30)27-12-8-18(9-13-27)32-17-4-6-19(7-5-17)33-22(23,24)25;/h4-7,16,18H,2-3,8-15H2,1H3;1H4. The van der Waals surface area contributed by atoms with Gasteiger partial charge in [-0.2, -0.15) is 0 Å². The fourth-order valence-corrected chi connectivity index (χ4v) is 6.97. The van der Waals surface area contributed by atoms with E-state index >= 15 is 0 Å². The molecule has 0 aromatic heterocycles. The summed E-state index contributed by atoms with van der Waals surface area (Å²) in [7, 11) is -2.73. The molecule has 1 aromatic rings. The van der Waals surface area contributed by atoms with Crippen LogP contribution in [0, 0.1) is 0 Å². The molecule has 12 heteroatoms. The van der Waals surface area contributed by atoms with Crippen LogP contribution in [0.25, 0.3) is 0 Å². The Hall–Kier alpha value is -2.05. The van der Waals surface area contributed by atoms with E-state index in [0.29, 0.717) is 37.7 Å². The van der Waals surface area contributed by atoms with Crippen LogP contribution in [0.2, 0.25) is 0 Å². The van der Waals surface area contributed by atoms with Crippen molar-refractivity contribution in [2.75, 3.05) is 33.3 Å². The maximum Gasteiger partial charge on any atom is 0.573 e. The van der Waals surface area contributed by atoms with Gasteiger partial charge in [-0.15, -0.1) is 13.2 Å². The Kier molecular flexibility index (Phi) is 8.27. The minimum absolute atomic E-state index is 0. The zero-order chi connectivity index (χ0) is 24.6. The van der Waals surface area contributed by atoms with Crippen molar-refractivity contribution in [3.63, 3.8) is 0 Å². The topological polar surface area (TPSA) is 85.4 Å². The molecule has 1 saturated carbocycles. The third-order valence-corrected chi connectivity index (χ3v) is 9.43. The third kappa shape index (κ3) is 6.03. The fourth-order valence-electron chi connectivity index (χ4n) is 4.79. The number of benzene rings is 1. The van der Waals surface area contributed by atoms with E-state index < -0.39 is 27.1 Å². The number of alkyl halides is 3. The lowest BCUT2D eigenvalue weighted by atomic mass is 9.95. The molecule has 2 aliphatic heterocycles. The van der Waals surface area contributed by atoms with Crippen molar-refractivity contribution in [1.29, 1.82) is 0 Å². The van der Waals surface area contributed by atoms with E-state index in [2.05, 4.69) is 9.64 Å². The second-order valence-corrected chi connectivity index (χ2v) is 11.2. The molecule has 0 radical (unpaired) electrons. The van der Waals surface area contributed by atoms with Crippen LogP contribution in [0.15, 0.2) is 24.3 Å². The van der Waals surface area contributed by atoms with E-state index in [1.807, 2.05) is 0 Å². The number of nitrogens with zero attached hydrogens (tertiary/aromatic N) is 2. The van der Waals surface area contributed by atoms with E-state index in [4.69, 9.17) is 9.47 Å². The number of carbonyl (C=O) groups excluding carboxylic acids is 1. The van der Waals surface area contributed by atoms with Crippen molar-refractivity contribution in [2.45, 2.75) is 69.2 Å². The highest BCUT2D eigenvalue weighted by molar-refractivity contribution is 7.91. The lowest BCUT2D eigenvalue weighted by Crippen LogP contribution is -2.60. The summed E-state index contributed by atoms with van der Waals surface area (Å²) in [5.74, 6) is -0.682. The molecule has 1 aliphatic carbocycles. The van der Waals surface area contributed by atoms with Gasteiger partial charge in [-0.3, -0.25) is 4.79 Å². The summed E-state index contributed by atoms with van der Waals surface area (Å²) in [6, 6.07) is 5.58. The Morgan fingerprint density at radius 2 is 1.51 bits per heavy atom. The van der Waals surface area contributed by atoms with Crippen molar-refractivity contribution in [3.05, 3.63) is 24.3 Å². The first kappa shape index (κ1) is 27.5. The van der Waals surface area contributed by atoms with Crippen LogP contribution in [0.4, 0.5) is 13.2 Å². The molecule has 3 aliphatic rings. The van der Waals surface area contributed by atoms with Gasteiger partial charge in [0.2, 0.25) is 10.0 Å². The molecule has 1 aromatic carbocycles. The number of hydrogen-bond donors (Lipinski definition) is 0. The number of sulfonamides is 1. The second-order valence-electron chi connectivity index (χ2n) is 8.99. The molecule has 0 unspecified atom stereocenters. The Labute approximate surface area is 204 Å². The minimum Gasteiger partial charge on any atom is -0.490 e. The Balaban J connectivity index is 0.00000342. The molecule has 0 amide bonds. The zero-order valence-electron chi connectivity index (χ0n) is 18.9. The summed E-state index contributed by atoms with van der Waals surface area (Å²) in [6.07, 6.45) is -1.63. The summed E-state index contributed by atoms with van der Waals surface area (Å²) in [4.78, 5) is 15.0. The highest BCUT2D eigenvalue weighted by Crippen LogP contribution is 2.39. The number of esters is 1. The molecular formula is C23H33F3N2O6S. The molecule has 2 heterocycles. The van der Waals surface area contributed by atoms with E-state index in [0.717, 1.165) is 25.0 Å². The smallest absolute Gasteiger partial charge is 0.490 e. The number of hydrogen-bond acceptors (Lipinski definition) is 7. The van der Waals surface area contributed by atoms with Crippen LogP contribution in [-0.4, -0.2) is 80.1 Å². The molecule has 198 valence electrons. The van der Waals surface area contributed by atoms with Gasteiger partial charge in [0, 0.05) is 32.2 Å². The maximum atomic E-state index is 13.6. The van der Waals surface area contributed by atoms with E-state index in [-0.39, 0.29) is 45.2 Å². The number of rotatable bonds is 7. The molecule has 0 spiro atoms. The van der Waals surface area contributed by atoms with E-state index in [1.165, 1.54) is 23.5 Å². The molecule has 0 bridgehead atoms. The molecule has 0 N–H and O–H groups in total. The van der Waals surface area contributed by atoms with Crippen molar-refractivity contribution in [3.8, 4) is 11.5 Å². The van der Waals surface area contributed by atoms with Crippen LogP contribution in [0.1, 0.15) is 46.0 Å². The van der Waals surface area contributed by atoms with E-state index in [1.54, 1.807) is 0 Å². The van der Waals surface area contributed by atoms with Crippen molar-refractivity contribution in [2.24, 2.45) is 0 Å². The predicted octanol–water partition coefficient (Wildman–Crippen LogP) is 3.56. The first-order valence-electron chi connectivity index (χ1n) is 11.4. The SMILES string of the molecule is C.COC(=O)C1(S(=O)(=O)N2CCC(Oc3ccc(OC(F)(F)F)cc3)CC2)CCN(C2CC2)CC1. The van der Waals surface area contributed by atoms with Crippen LogP contribution in [0.5, 0.6) is 11.5 Å². The summed E-state index contributed by atoms with van der Waals surface area (Å²) in [5, 5.41) is 0. The van der Waals surface area contributed by atoms with Crippen LogP contribution >= 0.6 is 0 Å². The van der Waals surface area contributed by atoms with Gasteiger partial charge in [0.15, 0.2) is 4.75 Å². The number of carbonyl (C=O) groups is 1. The molecule has 4 rings (SSSR count). The number of methoxy groups -OCH3 is 1. The van der Waals surface area contributed by atoms with Gasteiger partial charge in [-0.05, 0) is 62.8 Å². The van der Waals surface area contributed by atoms with Gasteiger partial charge in [0.25, 0.3) is 0 Å².